The number of benzene rings is 1. The molecule has 1 aromatic heterocycles. The van der Waals surface area contributed by atoms with Gasteiger partial charge in [-0.15, -0.1) is 0 Å². The van der Waals surface area contributed by atoms with Crippen LogP contribution < -0.4 is 10.6 Å². The van der Waals surface area contributed by atoms with Gasteiger partial charge >= 0.3 is 0 Å². The maximum atomic E-state index is 13.2. The first-order chi connectivity index (χ1) is 9.00. The number of hydrogen-bond donors (Lipinski definition) is 1. The quantitative estimate of drug-likeness (QED) is 0.845. The van der Waals surface area contributed by atoms with Crippen molar-refractivity contribution < 1.29 is 13.6 Å². The number of carbonyl (C=O) groups excluding carboxylic acids is 1. The molecule has 0 atom stereocenters. The lowest BCUT2D eigenvalue weighted by molar-refractivity contribution is 0.0993. The van der Waals surface area contributed by atoms with E-state index in [0.717, 1.165) is 12.1 Å². The van der Waals surface area contributed by atoms with Gasteiger partial charge in [-0.25, -0.2) is 8.78 Å². The van der Waals surface area contributed by atoms with Crippen molar-refractivity contribution in [2.24, 2.45) is 0 Å². The first kappa shape index (κ1) is 12.9. The maximum absolute atomic E-state index is 13.2. The molecule has 0 aliphatic rings. The first-order valence-corrected chi connectivity index (χ1v) is 5.43. The van der Waals surface area contributed by atoms with E-state index in [1.807, 2.05) is 0 Å². The second kappa shape index (κ2) is 5.01. The zero-order valence-corrected chi connectivity index (χ0v) is 10.1. The van der Waals surface area contributed by atoms with Gasteiger partial charge in [-0.3, -0.25) is 9.78 Å². The highest BCUT2D eigenvalue weighted by Gasteiger charge is 2.18. The predicted octanol–water partition coefficient (Wildman–Crippen LogP) is 2.22. The average Bonchev–Trinajstić information content (AvgIpc) is 2.42. The average molecular weight is 263 g/mol. The van der Waals surface area contributed by atoms with E-state index in [9.17, 15) is 13.6 Å². The molecule has 1 aromatic carbocycles. The zero-order valence-electron chi connectivity index (χ0n) is 10.1. The molecule has 2 rings (SSSR count). The maximum Gasteiger partial charge on any atom is 0.260 e. The van der Waals surface area contributed by atoms with Gasteiger partial charge in [0.1, 0.15) is 0 Å². The summed E-state index contributed by atoms with van der Waals surface area (Å²) in [4.78, 5) is 17.3. The van der Waals surface area contributed by atoms with Crippen molar-refractivity contribution in [3.8, 4) is 0 Å². The Morgan fingerprint density at radius 1 is 1.32 bits per heavy atom. The normalized spacial score (nSPS) is 10.3. The Kier molecular flexibility index (Phi) is 3.41. The number of amides is 1. The summed E-state index contributed by atoms with van der Waals surface area (Å²) in [6, 6.07) is 4.91. The van der Waals surface area contributed by atoms with Crippen LogP contribution in [0, 0.1) is 11.6 Å². The molecule has 1 heterocycles. The van der Waals surface area contributed by atoms with Crippen LogP contribution in [0.15, 0.2) is 36.7 Å². The summed E-state index contributed by atoms with van der Waals surface area (Å²) in [5, 5.41) is 0. The van der Waals surface area contributed by atoms with Gasteiger partial charge in [0.25, 0.3) is 5.91 Å². The number of hydrogen-bond acceptors (Lipinski definition) is 3. The van der Waals surface area contributed by atoms with E-state index in [0.29, 0.717) is 5.69 Å². The third-order valence-electron chi connectivity index (χ3n) is 2.66. The van der Waals surface area contributed by atoms with Crippen LogP contribution in [0.2, 0.25) is 0 Å². The molecule has 0 aliphatic carbocycles. The van der Waals surface area contributed by atoms with E-state index in [-0.39, 0.29) is 11.3 Å². The molecule has 0 saturated heterocycles. The fourth-order valence-electron chi connectivity index (χ4n) is 1.60. The van der Waals surface area contributed by atoms with E-state index in [1.165, 1.54) is 18.1 Å². The predicted molar refractivity (Wildman–Crippen MR) is 67.7 cm³/mol. The Morgan fingerprint density at radius 3 is 2.63 bits per heavy atom. The topological polar surface area (TPSA) is 59.2 Å². The van der Waals surface area contributed by atoms with Crippen LogP contribution in [0.5, 0.6) is 0 Å². The monoisotopic (exact) mass is 263 g/mol. The SMILES string of the molecule is CN(C(=O)c1cc(F)c(F)cc1N)c1cccnc1. The molecule has 2 N–H and O–H groups in total. The minimum Gasteiger partial charge on any atom is -0.398 e. The number of rotatable bonds is 2. The lowest BCUT2D eigenvalue weighted by Crippen LogP contribution is -2.27. The zero-order chi connectivity index (χ0) is 14.0. The number of nitrogens with two attached hydrogens (primary N) is 1. The molecule has 6 heteroatoms. The van der Waals surface area contributed by atoms with Gasteiger partial charge in [-0.2, -0.15) is 0 Å². The number of nitrogens with zero attached hydrogens (tertiary/aromatic N) is 2. The summed E-state index contributed by atoms with van der Waals surface area (Å²) in [7, 11) is 1.50. The van der Waals surface area contributed by atoms with Crippen molar-refractivity contribution in [1.82, 2.24) is 4.98 Å². The summed E-state index contributed by atoms with van der Waals surface area (Å²) in [5.74, 6) is -2.74. The molecule has 0 saturated carbocycles. The van der Waals surface area contributed by atoms with Gasteiger partial charge in [-0.1, -0.05) is 0 Å². The highest BCUT2D eigenvalue weighted by molar-refractivity contribution is 6.08. The molecule has 0 fully saturated rings. The molecular formula is C13H11F2N3O. The van der Waals surface area contributed by atoms with Crippen LogP contribution in [-0.4, -0.2) is 17.9 Å². The van der Waals surface area contributed by atoms with Crippen LogP contribution in [0.1, 0.15) is 10.4 Å². The van der Waals surface area contributed by atoms with E-state index >= 15 is 0 Å². The molecule has 0 spiro atoms. The number of aromatic nitrogens is 1. The Labute approximate surface area is 108 Å². The standard InChI is InChI=1S/C13H11F2N3O/c1-18(8-3-2-4-17-7-8)13(19)9-5-10(14)11(15)6-12(9)16/h2-7H,16H2,1H3. The van der Waals surface area contributed by atoms with E-state index in [2.05, 4.69) is 4.98 Å². The van der Waals surface area contributed by atoms with Gasteiger partial charge in [0.05, 0.1) is 17.4 Å². The van der Waals surface area contributed by atoms with Crippen molar-refractivity contribution in [2.75, 3.05) is 17.7 Å². The third kappa shape index (κ3) is 2.52. The first-order valence-electron chi connectivity index (χ1n) is 5.43. The van der Waals surface area contributed by atoms with Crippen molar-refractivity contribution >= 4 is 17.3 Å². The minimum absolute atomic E-state index is 0.0924. The van der Waals surface area contributed by atoms with E-state index in [1.54, 1.807) is 18.3 Å². The Balaban J connectivity index is 2.37. The molecule has 0 unspecified atom stereocenters. The summed E-state index contributed by atoms with van der Waals surface area (Å²) in [5.41, 5.74) is 5.86. The summed E-state index contributed by atoms with van der Waals surface area (Å²) >= 11 is 0. The minimum atomic E-state index is -1.11. The Bertz CT molecular complexity index is 617. The fraction of sp³-hybridized carbons (Fsp3) is 0.0769. The van der Waals surface area contributed by atoms with Gasteiger partial charge in [0, 0.05) is 25.0 Å². The summed E-state index contributed by atoms with van der Waals surface area (Å²) < 4.78 is 26.1. The number of pyridine rings is 1. The highest BCUT2D eigenvalue weighted by atomic mass is 19.2. The summed E-state index contributed by atoms with van der Waals surface area (Å²) in [6.45, 7) is 0. The molecule has 98 valence electrons. The van der Waals surface area contributed by atoms with Crippen LogP contribution in [0.25, 0.3) is 0 Å². The highest BCUT2D eigenvalue weighted by Crippen LogP contribution is 2.21. The number of carbonyl (C=O) groups is 1. The second-order valence-corrected chi connectivity index (χ2v) is 3.93. The molecular weight excluding hydrogens is 252 g/mol. The number of anilines is 2. The smallest absolute Gasteiger partial charge is 0.260 e. The van der Waals surface area contributed by atoms with Crippen molar-refractivity contribution in [3.63, 3.8) is 0 Å². The molecule has 0 radical (unpaired) electrons. The van der Waals surface area contributed by atoms with Crippen LogP contribution in [-0.2, 0) is 0 Å². The van der Waals surface area contributed by atoms with E-state index in [4.69, 9.17) is 5.73 Å². The van der Waals surface area contributed by atoms with Crippen LogP contribution in [0.4, 0.5) is 20.2 Å². The number of halogens is 2. The molecule has 1 amide bonds. The van der Waals surface area contributed by atoms with Crippen molar-refractivity contribution in [1.29, 1.82) is 0 Å². The van der Waals surface area contributed by atoms with Gasteiger partial charge < -0.3 is 10.6 Å². The molecule has 4 nitrogen and oxygen atoms in total. The van der Waals surface area contributed by atoms with E-state index < -0.39 is 17.5 Å². The van der Waals surface area contributed by atoms with Crippen molar-refractivity contribution in [2.45, 2.75) is 0 Å². The molecule has 2 aromatic rings. The molecule has 0 bridgehead atoms. The Morgan fingerprint density at radius 2 is 2.00 bits per heavy atom. The molecule has 19 heavy (non-hydrogen) atoms. The third-order valence-corrected chi connectivity index (χ3v) is 2.66. The lowest BCUT2D eigenvalue weighted by Gasteiger charge is -2.17. The van der Waals surface area contributed by atoms with Gasteiger partial charge in [0.15, 0.2) is 11.6 Å². The second-order valence-electron chi connectivity index (χ2n) is 3.93. The molecule has 0 aliphatic heterocycles. The fourth-order valence-corrected chi connectivity index (χ4v) is 1.60. The lowest BCUT2D eigenvalue weighted by atomic mass is 10.1. The number of nitrogen functional groups attached to an aromatic ring is 1. The van der Waals surface area contributed by atoms with Gasteiger partial charge in [0.2, 0.25) is 0 Å². The van der Waals surface area contributed by atoms with Crippen LogP contribution >= 0.6 is 0 Å². The van der Waals surface area contributed by atoms with Crippen molar-refractivity contribution in [3.05, 3.63) is 53.9 Å². The largest absolute Gasteiger partial charge is 0.398 e. The Hall–Kier alpha value is -2.50. The van der Waals surface area contributed by atoms with Crippen LogP contribution in [0.3, 0.4) is 0 Å². The van der Waals surface area contributed by atoms with Gasteiger partial charge in [-0.05, 0) is 18.2 Å². The summed E-state index contributed by atoms with van der Waals surface area (Å²) in [6.07, 6.45) is 3.04.